The van der Waals surface area contributed by atoms with E-state index in [1.165, 1.54) is 6.07 Å². The second-order valence-corrected chi connectivity index (χ2v) is 8.87. The highest BCUT2D eigenvalue weighted by molar-refractivity contribution is 5.79. The topological polar surface area (TPSA) is 50.8 Å². The molecule has 32 heavy (non-hydrogen) atoms. The Morgan fingerprint density at radius 2 is 1.84 bits per heavy atom. The van der Waals surface area contributed by atoms with Crippen LogP contribution in [0.2, 0.25) is 0 Å². The zero-order valence-corrected chi connectivity index (χ0v) is 19.8. The number of halogens is 1. The van der Waals surface area contributed by atoms with Crippen molar-refractivity contribution in [2.45, 2.75) is 52.1 Å². The number of ether oxygens (including phenoxy) is 2. The first-order chi connectivity index (χ1) is 15.3. The van der Waals surface area contributed by atoms with Gasteiger partial charge in [0.1, 0.15) is 17.3 Å². The summed E-state index contributed by atoms with van der Waals surface area (Å²) in [5.74, 6) is 1.41. The third-order valence-corrected chi connectivity index (χ3v) is 6.37. The third kappa shape index (κ3) is 6.00. The molecule has 1 N–H and O–H groups in total. The van der Waals surface area contributed by atoms with E-state index < -0.39 is 0 Å². The van der Waals surface area contributed by atoms with E-state index in [0.29, 0.717) is 18.7 Å². The van der Waals surface area contributed by atoms with Crippen LogP contribution >= 0.6 is 0 Å². The summed E-state index contributed by atoms with van der Waals surface area (Å²) in [6, 6.07) is 11.3. The number of nitrogens with zero attached hydrogens (tertiary/aromatic N) is 1. The summed E-state index contributed by atoms with van der Waals surface area (Å²) in [4.78, 5) is 15.3. The molecule has 1 aliphatic rings. The average molecular weight is 443 g/mol. The molecule has 174 valence electrons. The normalized spacial score (nSPS) is 19.9. The molecule has 6 heteroatoms. The number of likely N-dealkylation sites (tertiary alicyclic amines) is 1. The Hall–Kier alpha value is -2.60. The Labute approximate surface area is 190 Å². The molecular weight excluding hydrogens is 407 g/mol. The summed E-state index contributed by atoms with van der Waals surface area (Å²) in [7, 11) is 3.28. The number of carbonyl (C=O) groups is 1. The predicted molar refractivity (Wildman–Crippen MR) is 125 cm³/mol. The Bertz CT molecular complexity index is 911. The van der Waals surface area contributed by atoms with Gasteiger partial charge in [-0.15, -0.1) is 0 Å². The molecule has 0 aromatic heterocycles. The number of carbonyl (C=O) groups excluding carboxylic acids is 1. The van der Waals surface area contributed by atoms with Crippen molar-refractivity contribution in [1.29, 1.82) is 0 Å². The number of rotatable bonds is 8. The van der Waals surface area contributed by atoms with Crippen molar-refractivity contribution in [2.75, 3.05) is 27.3 Å². The lowest BCUT2D eigenvalue weighted by molar-refractivity contribution is -0.127. The smallest absolute Gasteiger partial charge is 0.224 e. The fourth-order valence-corrected chi connectivity index (χ4v) is 4.35. The molecule has 1 fully saturated rings. The van der Waals surface area contributed by atoms with E-state index >= 15 is 0 Å². The van der Waals surface area contributed by atoms with E-state index in [2.05, 4.69) is 17.1 Å². The molecule has 3 unspecified atom stereocenters. The maximum Gasteiger partial charge on any atom is 0.224 e. The molecule has 0 aliphatic carbocycles. The minimum Gasteiger partial charge on any atom is -0.497 e. The van der Waals surface area contributed by atoms with Crippen LogP contribution in [0.4, 0.5) is 4.39 Å². The van der Waals surface area contributed by atoms with Crippen molar-refractivity contribution in [3.63, 3.8) is 0 Å². The van der Waals surface area contributed by atoms with E-state index in [1.54, 1.807) is 21.1 Å². The minimum atomic E-state index is -0.198. The van der Waals surface area contributed by atoms with E-state index in [4.69, 9.17) is 9.47 Å². The van der Waals surface area contributed by atoms with Gasteiger partial charge in [0.05, 0.1) is 20.1 Å². The SMILES string of the molecule is CCC(C)NC(=O)C1CC(c2ccc(F)c(C)c2)CN(Cc2cc(OC)cc(OC)c2)C1. The van der Waals surface area contributed by atoms with Gasteiger partial charge in [-0.2, -0.15) is 0 Å². The van der Waals surface area contributed by atoms with Crippen LogP contribution in [0.1, 0.15) is 49.3 Å². The second-order valence-electron chi connectivity index (χ2n) is 8.87. The maximum absolute atomic E-state index is 13.9. The number of methoxy groups -OCH3 is 2. The van der Waals surface area contributed by atoms with Crippen LogP contribution in [-0.2, 0) is 11.3 Å². The fourth-order valence-electron chi connectivity index (χ4n) is 4.35. The quantitative estimate of drug-likeness (QED) is 0.645. The van der Waals surface area contributed by atoms with Gasteiger partial charge >= 0.3 is 0 Å². The van der Waals surface area contributed by atoms with E-state index in [1.807, 2.05) is 37.3 Å². The maximum atomic E-state index is 13.9. The Morgan fingerprint density at radius 1 is 1.16 bits per heavy atom. The van der Waals surface area contributed by atoms with Gasteiger partial charge in [0.2, 0.25) is 5.91 Å². The van der Waals surface area contributed by atoms with Crippen molar-refractivity contribution in [1.82, 2.24) is 10.2 Å². The molecule has 0 radical (unpaired) electrons. The van der Waals surface area contributed by atoms with Crippen molar-refractivity contribution < 1.29 is 18.7 Å². The van der Waals surface area contributed by atoms with Crippen molar-refractivity contribution >= 4 is 5.91 Å². The second kappa shape index (κ2) is 10.8. The van der Waals surface area contributed by atoms with E-state index in [0.717, 1.165) is 42.0 Å². The molecule has 0 bridgehead atoms. The van der Waals surface area contributed by atoms with E-state index in [-0.39, 0.29) is 29.6 Å². The molecule has 2 aromatic carbocycles. The Balaban J connectivity index is 1.85. The van der Waals surface area contributed by atoms with Gasteiger partial charge in [0, 0.05) is 31.7 Å². The number of hydrogen-bond acceptors (Lipinski definition) is 4. The summed E-state index contributed by atoms with van der Waals surface area (Å²) >= 11 is 0. The van der Waals surface area contributed by atoms with Crippen LogP contribution < -0.4 is 14.8 Å². The number of hydrogen-bond donors (Lipinski definition) is 1. The molecule has 1 heterocycles. The van der Waals surface area contributed by atoms with Crippen LogP contribution in [0.5, 0.6) is 11.5 Å². The Kier molecular flexibility index (Phi) is 8.13. The van der Waals surface area contributed by atoms with Gasteiger partial charge < -0.3 is 14.8 Å². The first-order valence-electron chi connectivity index (χ1n) is 11.3. The number of nitrogens with one attached hydrogen (secondary N) is 1. The summed E-state index contributed by atoms with van der Waals surface area (Å²) in [5, 5.41) is 3.15. The lowest BCUT2D eigenvalue weighted by Crippen LogP contribution is -2.47. The zero-order chi connectivity index (χ0) is 23.3. The summed E-state index contributed by atoms with van der Waals surface area (Å²) in [5.41, 5.74) is 2.79. The summed E-state index contributed by atoms with van der Waals surface area (Å²) < 4.78 is 24.7. The summed E-state index contributed by atoms with van der Waals surface area (Å²) in [6.45, 7) is 8.04. The third-order valence-electron chi connectivity index (χ3n) is 6.37. The number of piperidine rings is 1. The highest BCUT2D eigenvalue weighted by Gasteiger charge is 2.33. The molecule has 5 nitrogen and oxygen atoms in total. The van der Waals surface area contributed by atoms with E-state index in [9.17, 15) is 9.18 Å². The van der Waals surface area contributed by atoms with Crippen LogP contribution in [0.25, 0.3) is 0 Å². The molecule has 1 saturated heterocycles. The standard InChI is InChI=1S/C26H35FN2O3/c1-6-18(3)28-26(30)22-12-21(20-7-8-25(27)17(2)9-20)15-29(16-22)14-19-10-23(31-4)13-24(11-19)32-5/h7-11,13,18,21-22H,6,12,14-16H2,1-5H3,(H,28,30). The zero-order valence-electron chi connectivity index (χ0n) is 19.8. The van der Waals surface area contributed by atoms with Gasteiger partial charge in [-0.3, -0.25) is 9.69 Å². The van der Waals surface area contributed by atoms with Crippen LogP contribution in [0.3, 0.4) is 0 Å². The fraction of sp³-hybridized carbons (Fsp3) is 0.500. The molecule has 2 aromatic rings. The Morgan fingerprint density at radius 3 is 2.44 bits per heavy atom. The van der Waals surface area contributed by atoms with Gasteiger partial charge in [-0.25, -0.2) is 4.39 Å². The molecular formula is C26H35FN2O3. The highest BCUT2D eigenvalue weighted by atomic mass is 19.1. The van der Waals surface area contributed by atoms with Crippen molar-refractivity contribution in [2.24, 2.45) is 5.92 Å². The number of benzene rings is 2. The van der Waals surface area contributed by atoms with Crippen LogP contribution in [0, 0.1) is 18.7 Å². The molecule has 3 rings (SSSR count). The number of amides is 1. The van der Waals surface area contributed by atoms with Gasteiger partial charge in [0.25, 0.3) is 0 Å². The highest BCUT2D eigenvalue weighted by Crippen LogP contribution is 2.33. The largest absolute Gasteiger partial charge is 0.497 e. The lowest BCUT2D eigenvalue weighted by atomic mass is 9.83. The summed E-state index contributed by atoms with van der Waals surface area (Å²) in [6.07, 6.45) is 1.65. The monoisotopic (exact) mass is 442 g/mol. The van der Waals surface area contributed by atoms with Gasteiger partial charge in [-0.1, -0.05) is 19.1 Å². The molecule has 1 amide bonds. The molecule has 3 atom stereocenters. The van der Waals surface area contributed by atoms with Gasteiger partial charge in [0.15, 0.2) is 0 Å². The minimum absolute atomic E-state index is 0.0936. The van der Waals surface area contributed by atoms with Gasteiger partial charge in [-0.05, 0) is 67.5 Å². The van der Waals surface area contributed by atoms with Crippen molar-refractivity contribution in [3.8, 4) is 11.5 Å². The van der Waals surface area contributed by atoms with Crippen LogP contribution in [-0.4, -0.2) is 44.2 Å². The predicted octanol–water partition coefficient (Wildman–Crippen LogP) is 4.67. The first kappa shape index (κ1) is 24.1. The van der Waals surface area contributed by atoms with Crippen LogP contribution in [0.15, 0.2) is 36.4 Å². The average Bonchev–Trinajstić information content (AvgIpc) is 2.80. The number of aryl methyl sites for hydroxylation is 1. The van der Waals surface area contributed by atoms with Crippen molar-refractivity contribution in [3.05, 3.63) is 58.9 Å². The lowest BCUT2D eigenvalue weighted by Gasteiger charge is -2.38. The molecule has 0 spiro atoms. The first-order valence-corrected chi connectivity index (χ1v) is 11.3. The molecule has 1 aliphatic heterocycles. The molecule has 0 saturated carbocycles.